The maximum absolute atomic E-state index is 13.1. The molecule has 3 heteroatoms. The van der Waals surface area contributed by atoms with Crippen LogP contribution in [0.3, 0.4) is 0 Å². The molecule has 0 atom stereocenters. The van der Waals surface area contributed by atoms with Crippen molar-refractivity contribution in [3.05, 3.63) is 35.6 Å². The lowest BCUT2D eigenvalue weighted by atomic mass is 10.1. The highest BCUT2D eigenvalue weighted by molar-refractivity contribution is 5.17. The van der Waals surface area contributed by atoms with E-state index in [9.17, 15) is 4.39 Å². The SMILES string of the molecule is CC(C)(C#N)NCc1ccccc1F. The Bertz CT molecular complexity index is 353. The Balaban J connectivity index is 2.64. The summed E-state index contributed by atoms with van der Waals surface area (Å²) in [4.78, 5) is 0. The van der Waals surface area contributed by atoms with Crippen LogP contribution in [0.2, 0.25) is 0 Å². The van der Waals surface area contributed by atoms with Crippen molar-refractivity contribution in [2.24, 2.45) is 0 Å². The zero-order valence-corrected chi connectivity index (χ0v) is 8.34. The largest absolute Gasteiger partial charge is 0.296 e. The lowest BCUT2D eigenvalue weighted by molar-refractivity contribution is 0.474. The lowest BCUT2D eigenvalue weighted by Crippen LogP contribution is -2.37. The van der Waals surface area contributed by atoms with Gasteiger partial charge in [0.05, 0.1) is 6.07 Å². The highest BCUT2D eigenvalue weighted by Crippen LogP contribution is 2.08. The number of nitriles is 1. The number of hydrogen-bond donors (Lipinski definition) is 1. The summed E-state index contributed by atoms with van der Waals surface area (Å²) in [5, 5.41) is 11.7. The first-order valence-corrected chi connectivity index (χ1v) is 4.45. The van der Waals surface area contributed by atoms with Crippen molar-refractivity contribution in [1.29, 1.82) is 5.26 Å². The van der Waals surface area contributed by atoms with E-state index in [1.54, 1.807) is 32.0 Å². The van der Waals surface area contributed by atoms with Gasteiger partial charge < -0.3 is 0 Å². The summed E-state index contributed by atoms with van der Waals surface area (Å²) in [7, 11) is 0. The van der Waals surface area contributed by atoms with E-state index < -0.39 is 5.54 Å². The molecule has 0 saturated carbocycles. The Morgan fingerprint density at radius 2 is 2.07 bits per heavy atom. The van der Waals surface area contributed by atoms with Gasteiger partial charge in [0.1, 0.15) is 11.4 Å². The third kappa shape index (κ3) is 2.82. The molecule has 0 unspecified atom stereocenters. The molecular formula is C11H13FN2. The van der Waals surface area contributed by atoms with Gasteiger partial charge in [-0.15, -0.1) is 0 Å². The number of nitrogens with one attached hydrogen (secondary N) is 1. The second-order valence-electron chi connectivity index (χ2n) is 3.68. The van der Waals surface area contributed by atoms with E-state index in [0.717, 1.165) is 0 Å². The van der Waals surface area contributed by atoms with E-state index >= 15 is 0 Å². The Morgan fingerprint density at radius 1 is 1.43 bits per heavy atom. The highest BCUT2D eigenvalue weighted by atomic mass is 19.1. The predicted octanol–water partition coefficient (Wildman–Crippen LogP) is 2.22. The average Bonchev–Trinajstić information content (AvgIpc) is 2.17. The summed E-state index contributed by atoms with van der Waals surface area (Å²) in [6, 6.07) is 8.64. The molecule has 14 heavy (non-hydrogen) atoms. The average molecular weight is 192 g/mol. The molecule has 2 nitrogen and oxygen atoms in total. The van der Waals surface area contributed by atoms with Crippen molar-refractivity contribution < 1.29 is 4.39 Å². The molecule has 0 fully saturated rings. The van der Waals surface area contributed by atoms with E-state index in [1.807, 2.05) is 0 Å². The molecule has 0 saturated heterocycles. The fraction of sp³-hybridized carbons (Fsp3) is 0.364. The van der Waals surface area contributed by atoms with Gasteiger partial charge in [-0.1, -0.05) is 18.2 Å². The number of rotatable bonds is 3. The summed E-state index contributed by atoms with van der Waals surface area (Å²) in [6.45, 7) is 3.88. The fourth-order valence-corrected chi connectivity index (χ4v) is 0.997. The summed E-state index contributed by atoms with van der Waals surface area (Å²) in [5.41, 5.74) is -0.0433. The van der Waals surface area contributed by atoms with Crippen LogP contribution in [-0.2, 0) is 6.54 Å². The number of benzene rings is 1. The van der Waals surface area contributed by atoms with Crippen molar-refractivity contribution in [3.8, 4) is 6.07 Å². The topological polar surface area (TPSA) is 35.8 Å². The van der Waals surface area contributed by atoms with Crippen LogP contribution in [0.4, 0.5) is 4.39 Å². The third-order valence-electron chi connectivity index (χ3n) is 1.96. The lowest BCUT2D eigenvalue weighted by Gasteiger charge is -2.17. The monoisotopic (exact) mass is 192 g/mol. The molecule has 0 spiro atoms. The van der Waals surface area contributed by atoms with Crippen molar-refractivity contribution in [2.45, 2.75) is 25.9 Å². The van der Waals surface area contributed by atoms with E-state index in [0.29, 0.717) is 12.1 Å². The first kappa shape index (κ1) is 10.7. The van der Waals surface area contributed by atoms with Crippen LogP contribution in [0.25, 0.3) is 0 Å². The minimum atomic E-state index is -0.623. The van der Waals surface area contributed by atoms with E-state index in [1.165, 1.54) is 6.07 Å². The molecule has 0 aliphatic heterocycles. The van der Waals surface area contributed by atoms with Crippen LogP contribution in [0.5, 0.6) is 0 Å². The molecule has 0 amide bonds. The molecule has 74 valence electrons. The smallest absolute Gasteiger partial charge is 0.127 e. The van der Waals surface area contributed by atoms with Crippen molar-refractivity contribution >= 4 is 0 Å². The second-order valence-corrected chi connectivity index (χ2v) is 3.68. The molecule has 0 aromatic heterocycles. The fourth-order valence-electron chi connectivity index (χ4n) is 0.997. The Hall–Kier alpha value is -1.40. The Labute approximate surface area is 83.4 Å². The quantitative estimate of drug-likeness (QED) is 0.797. The van der Waals surface area contributed by atoms with E-state index in [-0.39, 0.29) is 5.82 Å². The van der Waals surface area contributed by atoms with Crippen LogP contribution in [-0.4, -0.2) is 5.54 Å². The van der Waals surface area contributed by atoms with Crippen molar-refractivity contribution in [2.75, 3.05) is 0 Å². The van der Waals surface area contributed by atoms with Crippen LogP contribution in [0.1, 0.15) is 19.4 Å². The molecule has 0 aliphatic carbocycles. The number of nitrogens with zero attached hydrogens (tertiary/aromatic N) is 1. The zero-order chi connectivity index (χ0) is 10.6. The van der Waals surface area contributed by atoms with E-state index in [2.05, 4.69) is 11.4 Å². The minimum absolute atomic E-state index is 0.242. The van der Waals surface area contributed by atoms with Gasteiger partial charge in [-0.2, -0.15) is 5.26 Å². The molecular weight excluding hydrogens is 179 g/mol. The molecule has 1 rings (SSSR count). The van der Waals surface area contributed by atoms with Gasteiger partial charge in [0.2, 0.25) is 0 Å². The maximum atomic E-state index is 13.1. The molecule has 0 aliphatic rings. The van der Waals surface area contributed by atoms with Gasteiger partial charge in [-0.3, -0.25) is 5.32 Å². The van der Waals surface area contributed by atoms with Crippen molar-refractivity contribution in [1.82, 2.24) is 5.32 Å². The van der Waals surface area contributed by atoms with Gasteiger partial charge in [-0.05, 0) is 19.9 Å². The van der Waals surface area contributed by atoms with Gasteiger partial charge >= 0.3 is 0 Å². The third-order valence-corrected chi connectivity index (χ3v) is 1.96. The van der Waals surface area contributed by atoms with Gasteiger partial charge in [-0.25, -0.2) is 4.39 Å². The summed E-state index contributed by atoms with van der Waals surface area (Å²) >= 11 is 0. The molecule has 0 radical (unpaired) electrons. The molecule has 1 aromatic rings. The Kier molecular flexibility index (Phi) is 3.21. The van der Waals surface area contributed by atoms with Gasteiger partial charge in [0.25, 0.3) is 0 Å². The first-order chi connectivity index (χ1) is 6.55. The van der Waals surface area contributed by atoms with Crippen LogP contribution in [0, 0.1) is 17.1 Å². The zero-order valence-electron chi connectivity index (χ0n) is 8.34. The first-order valence-electron chi connectivity index (χ1n) is 4.45. The van der Waals surface area contributed by atoms with Gasteiger partial charge in [0, 0.05) is 12.1 Å². The molecule has 1 aromatic carbocycles. The summed E-state index contributed by atoms with van der Waals surface area (Å²) in [6.07, 6.45) is 0. The summed E-state index contributed by atoms with van der Waals surface area (Å²) < 4.78 is 13.1. The van der Waals surface area contributed by atoms with Gasteiger partial charge in [0.15, 0.2) is 0 Å². The highest BCUT2D eigenvalue weighted by Gasteiger charge is 2.15. The van der Waals surface area contributed by atoms with Crippen molar-refractivity contribution in [3.63, 3.8) is 0 Å². The van der Waals surface area contributed by atoms with Crippen LogP contribution in [0.15, 0.2) is 24.3 Å². The van der Waals surface area contributed by atoms with E-state index in [4.69, 9.17) is 5.26 Å². The number of hydrogen-bond acceptors (Lipinski definition) is 2. The van der Waals surface area contributed by atoms with Crippen LogP contribution >= 0.6 is 0 Å². The normalized spacial score (nSPS) is 11.0. The number of halogens is 1. The standard InChI is InChI=1S/C11H13FN2/c1-11(2,8-13)14-7-9-5-3-4-6-10(9)12/h3-6,14H,7H2,1-2H3. The summed E-state index contributed by atoms with van der Waals surface area (Å²) in [5.74, 6) is -0.242. The maximum Gasteiger partial charge on any atom is 0.127 e. The second kappa shape index (κ2) is 4.21. The molecule has 0 heterocycles. The molecule has 0 bridgehead atoms. The Morgan fingerprint density at radius 3 is 2.64 bits per heavy atom. The predicted molar refractivity (Wildman–Crippen MR) is 52.9 cm³/mol. The van der Waals surface area contributed by atoms with Crippen LogP contribution < -0.4 is 5.32 Å². The minimum Gasteiger partial charge on any atom is -0.296 e. The molecule has 1 N–H and O–H groups in total.